The van der Waals surface area contributed by atoms with Crippen LogP contribution in [0.2, 0.25) is 5.02 Å². The van der Waals surface area contributed by atoms with E-state index in [0.29, 0.717) is 38.3 Å². The number of benzene rings is 2. The Morgan fingerprint density at radius 1 is 1.22 bits per heavy atom. The highest BCUT2D eigenvalue weighted by molar-refractivity contribution is 6.32. The van der Waals surface area contributed by atoms with Crippen molar-refractivity contribution in [1.82, 2.24) is 25.3 Å². The van der Waals surface area contributed by atoms with E-state index < -0.39 is 11.7 Å². The van der Waals surface area contributed by atoms with E-state index in [1.807, 2.05) is 25.1 Å². The highest BCUT2D eigenvalue weighted by Gasteiger charge is 2.20. The van der Waals surface area contributed by atoms with Crippen molar-refractivity contribution in [2.45, 2.75) is 39.8 Å². The summed E-state index contributed by atoms with van der Waals surface area (Å²) in [5.41, 5.74) is 3.65. The normalized spacial score (nSPS) is 11.4. The van der Waals surface area contributed by atoms with Gasteiger partial charge in [0.25, 0.3) is 5.56 Å². The van der Waals surface area contributed by atoms with Crippen LogP contribution in [0.15, 0.2) is 41.3 Å². The van der Waals surface area contributed by atoms with E-state index in [1.165, 1.54) is 0 Å². The number of ether oxygens (including phenoxy) is 1. The van der Waals surface area contributed by atoms with Crippen LogP contribution in [0.4, 0.5) is 10.5 Å². The van der Waals surface area contributed by atoms with E-state index in [0.717, 1.165) is 16.8 Å². The van der Waals surface area contributed by atoms with Crippen LogP contribution in [0.1, 0.15) is 32.0 Å². The number of nitrogens with one attached hydrogen (secondary N) is 2. The molecule has 10 heteroatoms. The summed E-state index contributed by atoms with van der Waals surface area (Å²) >= 11 is 6.26. The Bertz CT molecular complexity index is 1590. The fourth-order valence-electron chi connectivity index (χ4n) is 3.97. The molecule has 4 rings (SSSR count). The Hall–Kier alpha value is -4.16. The molecule has 0 aliphatic carbocycles. The predicted molar refractivity (Wildman–Crippen MR) is 139 cm³/mol. The first kappa shape index (κ1) is 24.9. The van der Waals surface area contributed by atoms with E-state index in [4.69, 9.17) is 22.9 Å². The molecule has 0 unspecified atom stereocenters. The van der Waals surface area contributed by atoms with Crippen LogP contribution < -0.4 is 10.9 Å². The van der Waals surface area contributed by atoms with Crippen molar-refractivity contribution in [2.24, 2.45) is 7.05 Å². The molecule has 0 spiro atoms. The molecule has 0 radical (unpaired) electrons. The van der Waals surface area contributed by atoms with Crippen molar-refractivity contribution in [1.29, 1.82) is 0 Å². The molecule has 2 aromatic carbocycles. The molecule has 2 heterocycles. The zero-order chi connectivity index (χ0) is 26.2. The van der Waals surface area contributed by atoms with Crippen LogP contribution in [-0.4, -0.2) is 31.7 Å². The number of alkyl carbamates (subject to hydrolysis) is 1. The van der Waals surface area contributed by atoms with Crippen LogP contribution in [0.5, 0.6) is 0 Å². The third kappa shape index (κ3) is 4.81. The number of amides is 1. The van der Waals surface area contributed by atoms with Gasteiger partial charge in [-0.2, -0.15) is 10.2 Å². The third-order valence-corrected chi connectivity index (χ3v) is 6.06. The Balaban J connectivity index is 1.81. The van der Waals surface area contributed by atoms with E-state index in [2.05, 4.69) is 25.5 Å². The van der Waals surface area contributed by atoms with Gasteiger partial charge in [-0.3, -0.25) is 9.48 Å². The maximum Gasteiger partial charge on any atom is 0.407 e. The van der Waals surface area contributed by atoms with Gasteiger partial charge in [-0.1, -0.05) is 23.7 Å². The molecule has 0 saturated heterocycles. The molecule has 0 fully saturated rings. The van der Waals surface area contributed by atoms with Crippen molar-refractivity contribution in [3.63, 3.8) is 0 Å². The molecule has 0 aliphatic heterocycles. The topological polar surface area (TPSA) is 106 Å². The van der Waals surface area contributed by atoms with E-state index >= 15 is 0 Å². The number of H-pyrrole nitrogens is 1. The first-order chi connectivity index (χ1) is 17.0. The minimum Gasteiger partial charge on any atom is -0.444 e. The summed E-state index contributed by atoms with van der Waals surface area (Å²) in [6.07, 6.45) is 1.13. The average molecular weight is 505 g/mol. The molecule has 0 saturated carbocycles. The third-order valence-electron chi connectivity index (χ3n) is 5.65. The second-order valence-corrected chi connectivity index (χ2v) is 9.73. The van der Waals surface area contributed by atoms with Crippen LogP contribution in [0.25, 0.3) is 38.0 Å². The Kier molecular flexibility index (Phi) is 6.57. The summed E-state index contributed by atoms with van der Waals surface area (Å²) in [5, 5.41) is 15.3. The Morgan fingerprint density at radius 3 is 2.67 bits per heavy atom. The molecule has 184 valence electrons. The molecule has 36 heavy (non-hydrogen) atoms. The summed E-state index contributed by atoms with van der Waals surface area (Å²) in [7, 11) is 1.81. The Labute approximate surface area is 212 Å². The summed E-state index contributed by atoms with van der Waals surface area (Å²) in [6.45, 7) is 14.9. The van der Waals surface area contributed by atoms with Crippen molar-refractivity contribution >= 4 is 34.2 Å². The maximum absolute atomic E-state index is 12.5. The molecule has 1 amide bonds. The predicted octanol–water partition coefficient (Wildman–Crippen LogP) is 5.53. The zero-order valence-corrected chi connectivity index (χ0v) is 21.3. The number of hydrogen-bond acceptors (Lipinski definition) is 5. The van der Waals surface area contributed by atoms with Gasteiger partial charge in [0.05, 0.1) is 36.1 Å². The van der Waals surface area contributed by atoms with Crippen LogP contribution in [0.3, 0.4) is 0 Å². The molecule has 4 aromatic rings. The monoisotopic (exact) mass is 504 g/mol. The molecule has 0 aliphatic rings. The van der Waals surface area contributed by atoms with Gasteiger partial charge in [-0.15, -0.1) is 0 Å². The number of hydrogen-bond donors (Lipinski definition) is 2. The standard InChI is InChI=1S/C26H25ClN6O3/c1-14-20(27)10-9-17(22(14)28-5)23-19(12-30-33(23)6)15-7-8-16-18(11-15)21(31-32-24(16)34)13-29-25(35)36-26(2,3)4/h7-12H,13H2,1-4,6H3,(H,29,35)(H,32,34). The minimum absolute atomic E-state index is 0.0593. The SMILES string of the molecule is [C-]#[N+]c1c(-c2c(-c3ccc4c(=O)[nH]nc(CNC(=O)OC(C)(C)C)c4c3)cnn2C)ccc(Cl)c1C. The summed E-state index contributed by atoms with van der Waals surface area (Å²) in [4.78, 5) is 28.3. The largest absolute Gasteiger partial charge is 0.444 e. The number of nitrogens with zero attached hydrogens (tertiary/aromatic N) is 4. The first-order valence-electron chi connectivity index (χ1n) is 11.2. The molecule has 9 nitrogen and oxygen atoms in total. The van der Waals surface area contributed by atoms with Crippen LogP contribution in [0, 0.1) is 13.5 Å². The van der Waals surface area contributed by atoms with Gasteiger partial charge in [0.2, 0.25) is 5.69 Å². The van der Waals surface area contributed by atoms with Gasteiger partial charge in [-0.05, 0) is 57.0 Å². The lowest BCUT2D eigenvalue weighted by Gasteiger charge is -2.19. The fraction of sp³-hybridized carbons (Fsp3) is 0.269. The van der Waals surface area contributed by atoms with E-state index in [-0.39, 0.29) is 12.1 Å². The second-order valence-electron chi connectivity index (χ2n) is 9.33. The van der Waals surface area contributed by atoms with Gasteiger partial charge in [0.1, 0.15) is 5.60 Å². The van der Waals surface area contributed by atoms with Crippen LogP contribution >= 0.6 is 11.6 Å². The van der Waals surface area contributed by atoms with Gasteiger partial charge >= 0.3 is 6.09 Å². The van der Waals surface area contributed by atoms with E-state index in [9.17, 15) is 9.59 Å². The minimum atomic E-state index is -0.640. The number of rotatable bonds is 4. The number of aromatic nitrogens is 4. The number of aryl methyl sites for hydroxylation is 1. The smallest absolute Gasteiger partial charge is 0.407 e. The maximum atomic E-state index is 12.5. The summed E-state index contributed by atoms with van der Waals surface area (Å²) < 4.78 is 7.01. The summed E-state index contributed by atoms with van der Waals surface area (Å²) in [5.74, 6) is 0. The molecular weight excluding hydrogens is 480 g/mol. The highest BCUT2D eigenvalue weighted by atomic mass is 35.5. The first-order valence-corrected chi connectivity index (χ1v) is 11.6. The number of halogens is 1. The van der Waals surface area contributed by atoms with Crippen molar-refractivity contribution in [2.75, 3.05) is 0 Å². The van der Waals surface area contributed by atoms with Crippen molar-refractivity contribution in [3.8, 4) is 22.4 Å². The van der Waals surface area contributed by atoms with Crippen molar-refractivity contribution < 1.29 is 9.53 Å². The Morgan fingerprint density at radius 2 is 1.97 bits per heavy atom. The van der Waals surface area contributed by atoms with Gasteiger partial charge in [-0.25, -0.2) is 14.7 Å². The van der Waals surface area contributed by atoms with Gasteiger partial charge in [0.15, 0.2) is 0 Å². The molecule has 0 bridgehead atoms. The van der Waals surface area contributed by atoms with Crippen LogP contribution in [-0.2, 0) is 18.3 Å². The highest BCUT2D eigenvalue weighted by Crippen LogP contribution is 2.41. The summed E-state index contributed by atoms with van der Waals surface area (Å²) in [6, 6.07) is 8.95. The molecule has 2 N–H and O–H groups in total. The van der Waals surface area contributed by atoms with E-state index in [1.54, 1.807) is 50.8 Å². The van der Waals surface area contributed by atoms with Crippen molar-refractivity contribution in [3.05, 3.63) is 74.6 Å². The second kappa shape index (κ2) is 9.47. The van der Waals surface area contributed by atoms with Gasteiger partial charge in [0, 0.05) is 28.6 Å². The lowest BCUT2D eigenvalue weighted by molar-refractivity contribution is 0.0523. The fourth-order valence-corrected chi connectivity index (χ4v) is 4.12. The average Bonchev–Trinajstić information content (AvgIpc) is 3.20. The number of fused-ring (bicyclic) bond motifs is 1. The lowest BCUT2D eigenvalue weighted by atomic mass is 9.96. The number of carbonyl (C=O) groups excluding carboxylic acids is 1. The number of aromatic amines is 1. The van der Waals surface area contributed by atoms with Gasteiger partial charge < -0.3 is 10.1 Å². The molecule has 2 aromatic heterocycles. The molecule has 0 atom stereocenters. The molecular formula is C26H25ClN6O3. The lowest BCUT2D eigenvalue weighted by Crippen LogP contribution is -2.32. The quantitative estimate of drug-likeness (QED) is 0.355. The number of carbonyl (C=O) groups is 1. The zero-order valence-electron chi connectivity index (χ0n) is 20.6.